The summed E-state index contributed by atoms with van der Waals surface area (Å²) < 4.78 is 28.8. The molecule has 1 unspecified atom stereocenters. The number of epoxide rings is 1. The SMILES string of the molecule is CC(=O)O[C@@H](C)/C=C\C(=O)N[C@@H]1C[C@H](C)[C@H](C/C=C(C)/C=C/[C@H]2O[C@H](CC(=O)CCCC(=O)OCc3ccc(CC(=O)[C@H](CCCNC(N)=O)NC(=O)C(CC(=O)CCCCCNC(=O)CBr)C(C)C)cc3)C[C@@]3(CO3)[C@@H]2O)O[C@@H]1C. The van der Waals surface area contributed by atoms with Crippen LogP contribution in [-0.2, 0) is 75.1 Å². The topological polar surface area (TPSA) is 297 Å². The van der Waals surface area contributed by atoms with Gasteiger partial charge in [-0.3, -0.25) is 38.4 Å². The maximum absolute atomic E-state index is 13.7. The summed E-state index contributed by atoms with van der Waals surface area (Å²) in [4.78, 5) is 113. The molecule has 3 aliphatic heterocycles. The molecule has 4 rings (SSSR count). The minimum Gasteiger partial charge on any atom is -0.461 e. The quantitative estimate of drug-likeness (QED) is 0.0110. The van der Waals surface area contributed by atoms with Crippen LogP contribution in [0.3, 0.4) is 0 Å². The molecule has 3 saturated heterocycles. The molecule has 1 spiro atoms. The Morgan fingerprint density at radius 1 is 0.877 bits per heavy atom. The van der Waals surface area contributed by atoms with Crippen molar-refractivity contribution in [3.63, 3.8) is 0 Å². The third kappa shape index (κ3) is 25.2. The Morgan fingerprint density at radius 3 is 2.23 bits per heavy atom. The van der Waals surface area contributed by atoms with Crippen LogP contribution in [-0.4, -0.2) is 137 Å². The van der Waals surface area contributed by atoms with E-state index in [0.717, 1.165) is 24.8 Å². The highest BCUT2D eigenvalue weighted by molar-refractivity contribution is 9.09. The molecule has 7 N–H and O–H groups in total. The highest BCUT2D eigenvalue weighted by Crippen LogP contribution is 2.43. The summed E-state index contributed by atoms with van der Waals surface area (Å²) in [5.41, 5.74) is 6.74. The smallest absolute Gasteiger partial charge is 0.312 e. The molecular formula is C60H88BrN5O15. The van der Waals surface area contributed by atoms with Crippen LogP contribution < -0.4 is 27.0 Å². The number of aliphatic hydroxyl groups is 1. The zero-order chi connectivity index (χ0) is 59.6. The molecule has 3 aliphatic rings. The first kappa shape index (κ1) is 67.9. The Bertz CT molecular complexity index is 2370. The van der Waals surface area contributed by atoms with Gasteiger partial charge in [-0.25, -0.2) is 4.79 Å². The molecule has 0 aliphatic carbocycles. The van der Waals surface area contributed by atoms with Crippen molar-refractivity contribution in [2.24, 2.45) is 23.5 Å². The van der Waals surface area contributed by atoms with E-state index in [1.807, 2.05) is 33.8 Å². The van der Waals surface area contributed by atoms with Crippen molar-refractivity contribution in [3.05, 3.63) is 71.3 Å². The number of rotatable bonds is 35. The molecule has 0 bridgehead atoms. The number of esters is 2. The number of allylic oxidation sites excluding steroid dienone is 2. The second-order valence-corrected chi connectivity index (χ2v) is 22.8. The zero-order valence-electron chi connectivity index (χ0n) is 48.3. The molecule has 0 saturated carbocycles. The number of ether oxygens (including phenoxy) is 5. The number of halogens is 1. The Hall–Kier alpha value is -5.61. The Morgan fingerprint density at radius 2 is 1.57 bits per heavy atom. The first-order valence-corrected chi connectivity index (χ1v) is 29.7. The maximum Gasteiger partial charge on any atom is 0.312 e. The van der Waals surface area contributed by atoms with Gasteiger partial charge >= 0.3 is 18.0 Å². The van der Waals surface area contributed by atoms with Gasteiger partial charge in [0.25, 0.3) is 0 Å². The molecule has 20 nitrogen and oxygen atoms in total. The number of carbonyl (C=O) groups excluding carboxylic acids is 9. The van der Waals surface area contributed by atoms with Gasteiger partial charge in [0.1, 0.15) is 42.1 Å². The number of unbranched alkanes of at least 4 members (excludes halogenated alkanes) is 2. The fraction of sp³-hybridized carbons (Fsp3) is 0.650. The molecule has 450 valence electrons. The molecule has 0 aromatic heterocycles. The second-order valence-electron chi connectivity index (χ2n) is 22.2. The average molecular weight is 1200 g/mol. The maximum atomic E-state index is 13.7. The lowest BCUT2D eigenvalue weighted by atomic mass is 9.86. The van der Waals surface area contributed by atoms with Crippen molar-refractivity contribution < 1.29 is 71.9 Å². The van der Waals surface area contributed by atoms with Gasteiger partial charge in [-0.05, 0) is 94.8 Å². The third-order valence-electron chi connectivity index (χ3n) is 14.9. The van der Waals surface area contributed by atoms with Crippen molar-refractivity contribution in [2.45, 2.75) is 206 Å². The number of benzene rings is 1. The number of aliphatic hydroxyl groups excluding tert-OH is 1. The monoisotopic (exact) mass is 1200 g/mol. The highest BCUT2D eigenvalue weighted by atomic mass is 79.9. The van der Waals surface area contributed by atoms with Crippen LogP contribution in [0.15, 0.2) is 60.2 Å². The standard InChI is InChI=1S/C60H88BrN5O15/c1-37(2)48(32-46(69)13-9-8-10-27-63-55(72)34-61)58(75)66-49(15-12-28-64-59(62)76)51(70)30-43-20-22-44(23-21-43)35-77-56(73)16-11-14-45(68)31-47-33-60(36-78-60)57(74)53(81-47)25-18-38(3)17-24-52-39(4)29-50(41(6)80-52)65-54(71)26-19-40(5)79-42(7)67/h17-23,25-26,37,39-41,47-50,52-53,57,74H,8-16,24,27-36H2,1-7H3,(H,63,72)(H,65,71)(H,66,75)(H3,62,64,76)/b25-18+,26-19-,38-17+/t39-,40-,41+,47+,48?,49-,50+,52-,53+,57+,60+/m0/s1. The minimum absolute atomic E-state index is 0.00986. The predicted octanol–water partition coefficient (Wildman–Crippen LogP) is 6.19. The Labute approximate surface area is 485 Å². The fourth-order valence-corrected chi connectivity index (χ4v) is 10.2. The summed E-state index contributed by atoms with van der Waals surface area (Å²) in [6.07, 6.45) is 11.0. The number of hydrogen-bond donors (Lipinski definition) is 6. The van der Waals surface area contributed by atoms with Gasteiger partial charge in [-0.2, -0.15) is 0 Å². The number of primary amides is 1. The first-order chi connectivity index (χ1) is 38.5. The van der Waals surface area contributed by atoms with E-state index in [1.54, 1.807) is 37.3 Å². The number of amides is 5. The number of ketones is 3. The summed E-state index contributed by atoms with van der Waals surface area (Å²) >= 11 is 3.11. The number of urea groups is 1. The van der Waals surface area contributed by atoms with E-state index in [1.165, 1.54) is 19.1 Å². The molecular weight excluding hydrogens is 1110 g/mol. The molecule has 1 aromatic rings. The zero-order valence-corrected chi connectivity index (χ0v) is 49.9. The highest BCUT2D eigenvalue weighted by Gasteiger charge is 2.58. The first-order valence-electron chi connectivity index (χ1n) is 28.6. The number of carbonyl (C=O) groups is 9. The lowest BCUT2D eigenvalue weighted by Gasteiger charge is -2.39. The summed E-state index contributed by atoms with van der Waals surface area (Å²) in [7, 11) is 0. The van der Waals surface area contributed by atoms with Gasteiger partial charge in [-0.1, -0.05) is 91.2 Å². The van der Waals surface area contributed by atoms with Gasteiger partial charge in [0.05, 0.1) is 42.3 Å². The summed E-state index contributed by atoms with van der Waals surface area (Å²) in [6.45, 7) is 13.7. The van der Waals surface area contributed by atoms with Crippen molar-refractivity contribution >= 4 is 69.0 Å². The number of nitrogens with two attached hydrogens (primary N) is 1. The van der Waals surface area contributed by atoms with Crippen molar-refractivity contribution in [1.29, 1.82) is 0 Å². The van der Waals surface area contributed by atoms with Gasteiger partial charge in [-0.15, -0.1) is 0 Å². The summed E-state index contributed by atoms with van der Waals surface area (Å²) in [5, 5.41) is 22.6. The molecule has 3 heterocycles. The Kier molecular flexibility index (Phi) is 29.1. The van der Waals surface area contributed by atoms with Crippen LogP contribution in [0, 0.1) is 17.8 Å². The fourth-order valence-electron chi connectivity index (χ4n) is 9.97. The molecule has 3 fully saturated rings. The van der Waals surface area contributed by atoms with Crippen molar-refractivity contribution in [1.82, 2.24) is 21.3 Å². The van der Waals surface area contributed by atoms with Crippen LogP contribution in [0.2, 0.25) is 0 Å². The normalized spacial score (nSPS) is 23.8. The average Bonchev–Trinajstić information content (AvgIpc) is 4.24. The van der Waals surface area contributed by atoms with E-state index in [2.05, 4.69) is 50.2 Å². The van der Waals surface area contributed by atoms with Gasteiger partial charge in [0.15, 0.2) is 5.78 Å². The molecule has 0 radical (unpaired) electrons. The van der Waals surface area contributed by atoms with Gasteiger partial charge in [0, 0.05) is 77.0 Å². The lowest BCUT2D eigenvalue weighted by molar-refractivity contribution is -0.146. The van der Waals surface area contributed by atoms with E-state index >= 15 is 0 Å². The summed E-state index contributed by atoms with van der Waals surface area (Å²) in [5.74, 6) is -2.74. The second kappa shape index (κ2) is 34.7. The van der Waals surface area contributed by atoms with Gasteiger partial charge in [0.2, 0.25) is 17.7 Å². The van der Waals surface area contributed by atoms with Crippen LogP contribution >= 0.6 is 15.9 Å². The van der Waals surface area contributed by atoms with Gasteiger partial charge < -0.3 is 55.8 Å². The van der Waals surface area contributed by atoms with Crippen molar-refractivity contribution in [3.8, 4) is 0 Å². The predicted molar refractivity (Wildman–Crippen MR) is 306 cm³/mol. The number of nitrogens with one attached hydrogen (secondary N) is 4. The molecule has 21 heteroatoms. The number of hydrogen-bond acceptors (Lipinski definition) is 15. The van der Waals surface area contributed by atoms with E-state index in [-0.39, 0.29) is 123 Å². The Balaban J connectivity index is 1.19. The van der Waals surface area contributed by atoms with E-state index in [9.17, 15) is 48.3 Å². The minimum atomic E-state index is -0.912. The molecule has 81 heavy (non-hydrogen) atoms. The van der Waals surface area contributed by atoms with Crippen LogP contribution in [0.25, 0.3) is 0 Å². The van der Waals surface area contributed by atoms with E-state index < -0.39 is 65.9 Å². The van der Waals surface area contributed by atoms with Crippen LogP contribution in [0.1, 0.15) is 149 Å². The van der Waals surface area contributed by atoms with Crippen molar-refractivity contribution in [2.75, 3.05) is 25.0 Å². The lowest BCUT2D eigenvalue weighted by Crippen LogP contribution is -2.50. The molecule has 5 amide bonds. The number of alkyl halides is 1. The third-order valence-corrected chi connectivity index (χ3v) is 15.4. The number of Topliss-reactive ketones (excluding diaryl/α,β-unsaturated/α-hetero) is 3. The largest absolute Gasteiger partial charge is 0.461 e. The van der Waals surface area contributed by atoms with Crippen LogP contribution in [0.5, 0.6) is 0 Å². The summed E-state index contributed by atoms with van der Waals surface area (Å²) in [6, 6.07) is 5.20. The van der Waals surface area contributed by atoms with E-state index in [0.29, 0.717) is 56.4 Å². The van der Waals surface area contributed by atoms with E-state index in [4.69, 9.17) is 29.4 Å². The molecule has 1 aromatic carbocycles. The molecule has 11 atom stereocenters. The van der Waals surface area contributed by atoms with Crippen LogP contribution in [0.4, 0.5) is 4.79 Å².